The number of aldehydes is 1. The number of benzene rings is 2. The molecule has 1 aliphatic heterocycles. The van der Waals surface area contributed by atoms with Crippen LogP contribution in [0.4, 0.5) is 0 Å². The molecule has 0 saturated heterocycles. The standard InChI is InChI=1S/C17H16N2O2S/c1-19-18-15(11-20)13-22(19)17-9-7-16(8-10-17)21-12-14-5-3-2-4-6-14/h2-11,13H,12H2,1H3. The van der Waals surface area contributed by atoms with Crippen molar-refractivity contribution in [3.63, 3.8) is 0 Å². The van der Waals surface area contributed by atoms with Gasteiger partial charge in [-0.25, -0.2) is 4.41 Å². The monoisotopic (exact) mass is 312 g/mol. The summed E-state index contributed by atoms with van der Waals surface area (Å²) in [6, 6.07) is 18.0. The summed E-state index contributed by atoms with van der Waals surface area (Å²) < 4.78 is 7.58. The summed E-state index contributed by atoms with van der Waals surface area (Å²) in [6.45, 7) is 0.552. The summed E-state index contributed by atoms with van der Waals surface area (Å²) in [5.74, 6) is 0.828. The molecule has 0 aliphatic carbocycles. The highest BCUT2D eigenvalue weighted by Gasteiger charge is 2.13. The Kier molecular flexibility index (Phi) is 4.34. The van der Waals surface area contributed by atoms with Crippen LogP contribution in [0, 0.1) is 0 Å². The molecule has 0 radical (unpaired) electrons. The van der Waals surface area contributed by atoms with Gasteiger partial charge in [0.15, 0.2) is 6.29 Å². The molecular formula is C17H16N2O2S. The van der Waals surface area contributed by atoms with Crippen LogP contribution in [-0.2, 0) is 11.4 Å². The van der Waals surface area contributed by atoms with Crippen molar-refractivity contribution in [1.82, 2.24) is 4.41 Å². The molecule has 0 saturated carbocycles. The van der Waals surface area contributed by atoms with E-state index in [1.165, 1.54) is 0 Å². The van der Waals surface area contributed by atoms with Gasteiger partial charge in [-0.15, -0.1) is 0 Å². The fraction of sp³-hybridized carbons (Fsp3) is 0.118. The maximum Gasteiger partial charge on any atom is 0.170 e. The van der Waals surface area contributed by atoms with E-state index < -0.39 is 0 Å². The molecule has 1 aliphatic rings. The van der Waals surface area contributed by atoms with Crippen LogP contribution in [0.5, 0.6) is 5.75 Å². The largest absolute Gasteiger partial charge is 0.489 e. The second kappa shape index (κ2) is 6.58. The zero-order valence-corrected chi connectivity index (χ0v) is 13.0. The molecule has 1 heterocycles. The van der Waals surface area contributed by atoms with Gasteiger partial charge in [-0.05, 0) is 40.5 Å². The number of carbonyl (C=O) groups excluding carboxylic acids is 1. The van der Waals surface area contributed by atoms with Crippen LogP contribution in [0.3, 0.4) is 0 Å². The lowest BCUT2D eigenvalue weighted by atomic mass is 10.2. The average molecular weight is 312 g/mol. The van der Waals surface area contributed by atoms with E-state index in [1.54, 1.807) is 0 Å². The zero-order valence-electron chi connectivity index (χ0n) is 12.2. The maximum atomic E-state index is 10.8. The molecule has 112 valence electrons. The lowest BCUT2D eigenvalue weighted by molar-refractivity contribution is -0.102. The molecule has 0 aromatic heterocycles. The third-order valence-corrected chi connectivity index (χ3v) is 5.08. The Morgan fingerprint density at radius 1 is 1.14 bits per heavy atom. The highest BCUT2D eigenvalue weighted by Crippen LogP contribution is 2.33. The lowest BCUT2D eigenvalue weighted by Gasteiger charge is -2.14. The van der Waals surface area contributed by atoms with Crippen LogP contribution in [0.15, 0.2) is 64.6 Å². The highest BCUT2D eigenvalue weighted by atomic mass is 32.2. The first-order chi connectivity index (χ1) is 10.8. The van der Waals surface area contributed by atoms with Crippen molar-refractivity contribution in [3.8, 4) is 5.75 Å². The van der Waals surface area contributed by atoms with Gasteiger partial charge in [-0.2, -0.15) is 5.10 Å². The molecular weight excluding hydrogens is 296 g/mol. The van der Waals surface area contributed by atoms with Crippen LogP contribution >= 0.6 is 10.7 Å². The van der Waals surface area contributed by atoms with Crippen LogP contribution in [0.1, 0.15) is 5.56 Å². The van der Waals surface area contributed by atoms with E-state index in [1.807, 2.05) is 71.4 Å². The molecule has 22 heavy (non-hydrogen) atoms. The van der Waals surface area contributed by atoms with Gasteiger partial charge in [0.25, 0.3) is 0 Å². The second-order valence-electron chi connectivity index (χ2n) is 4.79. The zero-order chi connectivity index (χ0) is 15.4. The van der Waals surface area contributed by atoms with Gasteiger partial charge < -0.3 is 4.74 Å². The van der Waals surface area contributed by atoms with Gasteiger partial charge >= 0.3 is 0 Å². The van der Waals surface area contributed by atoms with Gasteiger partial charge in [0.05, 0.1) is 0 Å². The van der Waals surface area contributed by atoms with Crippen molar-refractivity contribution in [2.75, 3.05) is 7.05 Å². The van der Waals surface area contributed by atoms with E-state index in [4.69, 9.17) is 4.74 Å². The van der Waals surface area contributed by atoms with E-state index in [0.717, 1.165) is 22.5 Å². The van der Waals surface area contributed by atoms with Crippen molar-refractivity contribution in [2.24, 2.45) is 5.10 Å². The third-order valence-electron chi connectivity index (χ3n) is 3.21. The summed E-state index contributed by atoms with van der Waals surface area (Å²) in [5, 5.41) is 6.05. The van der Waals surface area contributed by atoms with Crippen molar-refractivity contribution in [2.45, 2.75) is 11.5 Å². The first-order valence-electron chi connectivity index (χ1n) is 6.88. The van der Waals surface area contributed by atoms with Gasteiger partial charge in [-0.3, -0.25) is 4.79 Å². The predicted octanol–water partition coefficient (Wildman–Crippen LogP) is 3.11. The minimum absolute atomic E-state index is 0.296. The fourth-order valence-corrected chi connectivity index (χ4v) is 3.63. The number of ether oxygens (including phenoxy) is 1. The Hall–Kier alpha value is -2.40. The molecule has 4 nitrogen and oxygen atoms in total. The maximum absolute atomic E-state index is 10.8. The van der Waals surface area contributed by atoms with Crippen LogP contribution in [0.2, 0.25) is 0 Å². The molecule has 0 fully saturated rings. The van der Waals surface area contributed by atoms with Crippen molar-refractivity contribution >= 4 is 28.0 Å². The molecule has 2 aromatic carbocycles. The van der Waals surface area contributed by atoms with Gasteiger partial charge in [0, 0.05) is 17.3 Å². The Balaban J connectivity index is 1.67. The van der Waals surface area contributed by atoms with Gasteiger partial charge in [0.1, 0.15) is 18.1 Å². The SMILES string of the molecule is CN1N=C(C=O)C=S1c1ccc(OCc2ccccc2)cc1. The van der Waals surface area contributed by atoms with Crippen LogP contribution < -0.4 is 4.74 Å². The first kappa shape index (κ1) is 14.5. The topological polar surface area (TPSA) is 41.9 Å². The Morgan fingerprint density at radius 3 is 2.50 bits per heavy atom. The molecule has 5 heteroatoms. The summed E-state index contributed by atoms with van der Waals surface area (Å²) in [4.78, 5) is 11.9. The Bertz CT molecular complexity index is 724. The van der Waals surface area contributed by atoms with Gasteiger partial charge in [0.2, 0.25) is 0 Å². The molecule has 0 bridgehead atoms. The molecule has 3 rings (SSSR count). The van der Waals surface area contributed by atoms with E-state index in [-0.39, 0.29) is 10.7 Å². The summed E-state index contributed by atoms with van der Waals surface area (Å²) >= 11 is 0. The number of rotatable bonds is 5. The average Bonchev–Trinajstić information content (AvgIpc) is 2.95. The highest BCUT2D eigenvalue weighted by molar-refractivity contribution is 8.14. The number of nitrogens with zero attached hydrogens (tertiary/aromatic N) is 2. The van der Waals surface area contributed by atoms with E-state index in [9.17, 15) is 4.79 Å². The first-order valence-corrected chi connectivity index (χ1v) is 8.13. The minimum Gasteiger partial charge on any atom is -0.489 e. The lowest BCUT2D eigenvalue weighted by Crippen LogP contribution is -2.00. The smallest absolute Gasteiger partial charge is 0.170 e. The van der Waals surface area contributed by atoms with Crippen LogP contribution in [0.25, 0.3) is 0 Å². The number of hydrazone groups is 1. The molecule has 2 aromatic rings. The van der Waals surface area contributed by atoms with Crippen LogP contribution in [-0.4, -0.2) is 28.8 Å². The Morgan fingerprint density at radius 2 is 1.86 bits per heavy atom. The summed E-state index contributed by atoms with van der Waals surface area (Å²) in [5.41, 5.74) is 1.62. The van der Waals surface area contributed by atoms with Crippen molar-refractivity contribution in [3.05, 3.63) is 60.2 Å². The second-order valence-corrected chi connectivity index (χ2v) is 6.65. The van der Waals surface area contributed by atoms with E-state index in [2.05, 4.69) is 5.10 Å². The summed E-state index contributed by atoms with van der Waals surface area (Å²) in [6.07, 6.45) is 0.779. The predicted molar refractivity (Wildman–Crippen MR) is 90.4 cm³/mol. The molecule has 1 atom stereocenters. The third kappa shape index (κ3) is 3.26. The van der Waals surface area contributed by atoms with E-state index in [0.29, 0.717) is 12.3 Å². The quantitative estimate of drug-likeness (QED) is 0.629. The molecule has 0 N–H and O–H groups in total. The van der Waals surface area contributed by atoms with Gasteiger partial charge in [-0.1, -0.05) is 30.3 Å². The molecule has 1 unspecified atom stereocenters. The minimum atomic E-state index is -0.296. The van der Waals surface area contributed by atoms with E-state index >= 15 is 0 Å². The number of hydrogen-bond donors (Lipinski definition) is 0. The fourth-order valence-electron chi connectivity index (χ4n) is 2.11. The Labute approximate surface area is 132 Å². The van der Waals surface area contributed by atoms with Crippen molar-refractivity contribution < 1.29 is 9.53 Å². The van der Waals surface area contributed by atoms with Crippen molar-refractivity contribution in [1.29, 1.82) is 0 Å². The number of hydrogen-bond acceptors (Lipinski definition) is 4. The molecule has 0 spiro atoms. The summed E-state index contributed by atoms with van der Waals surface area (Å²) in [7, 11) is 1.58. The number of carbonyl (C=O) groups is 1. The normalized spacial score (nSPS) is 16.9. The molecule has 0 amide bonds.